The van der Waals surface area contributed by atoms with Crippen molar-refractivity contribution in [1.82, 2.24) is 30.8 Å². The highest BCUT2D eigenvalue weighted by Gasteiger charge is 2.36. The van der Waals surface area contributed by atoms with Gasteiger partial charge in [-0.05, 0) is 52.1 Å². The summed E-state index contributed by atoms with van der Waals surface area (Å²) in [5.74, 6) is 1.14. The van der Waals surface area contributed by atoms with Crippen molar-refractivity contribution in [2.24, 2.45) is 5.92 Å². The second kappa shape index (κ2) is 11.8. The van der Waals surface area contributed by atoms with Gasteiger partial charge >= 0.3 is 0 Å². The quantitative estimate of drug-likeness (QED) is 0.280. The molecule has 5 aromatic rings. The summed E-state index contributed by atoms with van der Waals surface area (Å²) in [5, 5.41) is 20.4. The van der Waals surface area contributed by atoms with Gasteiger partial charge in [-0.1, -0.05) is 84.9 Å². The van der Waals surface area contributed by atoms with Gasteiger partial charge in [-0.3, -0.25) is 4.79 Å². The zero-order valence-corrected chi connectivity index (χ0v) is 22.5. The molecule has 0 saturated carbocycles. The van der Waals surface area contributed by atoms with Crippen molar-refractivity contribution in [3.05, 3.63) is 114 Å². The Morgan fingerprint density at radius 1 is 0.949 bits per heavy atom. The molecule has 0 radical (unpaired) electrons. The first-order valence-corrected chi connectivity index (χ1v) is 13.1. The molecule has 1 amide bonds. The maximum atomic E-state index is 13.5. The smallest absolute Gasteiger partial charge is 0.253 e. The Morgan fingerprint density at radius 3 is 2.46 bits per heavy atom. The topological polar surface area (TPSA) is 86.8 Å². The lowest BCUT2D eigenvalue weighted by Crippen LogP contribution is -2.32. The van der Waals surface area contributed by atoms with Crippen LogP contribution >= 0.6 is 12.4 Å². The molecular weight excluding hydrogens is 508 g/mol. The van der Waals surface area contributed by atoms with Gasteiger partial charge < -0.3 is 10.2 Å². The number of rotatable bonds is 7. The minimum absolute atomic E-state index is 0. The van der Waals surface area contributed by atoms with E-state index in [-0.39, 0.29) is 30.3 Å². The summed E-state index contributed by atoms with van der Waals surface area (Å²) in [6, 6.07) is 33.2. The van der Waals surface area contributed by atoms with Gasteiger partial charge in [0, 0.05) is 42.7 Å². The molecular formula is C31H31ClN6O. The van der Waals surface area contributed by atoms with Crippen molar-refractivity contribution < 1.29 is 4.79 Å². The maximum absolute atomic E-state index is 13.5. The number of nitrogens with one attached hydrogen (secondary N) is 2. The molecule has 3 atom stereocenters. The van der Waals surface area contributed by atoms with E-state index in [9.17, 15) is 4.79 Å². The highest BCUT2D eigenvalue weighted by atomic mass is 35.5. The van der Waals surface area contributed by atoms with E-state index < -0.39 is 0 Å². The predicted octanol–water partition coefficient (Wildman–Crippen LogP) is 5.65. The van der Waals surface area contributed by atoms with E-state index in [1.807, 2.05) is 35.2 Å². The molecule has 1 saturated heterocycles. The third kappa shape index (κ3) is 5.55. The van der Waals surface area contributed by atoms with E-state index in [1.165, 1.54) is 21.9 Å². The largest absolute Gasteiger partial charge is 0.338 e. The molecule has 1 aliphatic rings. The van der Waals surface area contributed by atoms with Gasteiger partial charge in [-0.2, -0.15) is 5.21 Å². The maximum Gasteiger partial charge on any atom is 0.253 e. The van der Waals surface area contributed by atoms with Crippen molar-refractivity contribution in [1.29, 1.82) is 0 Å². The number of fused-ring (bicyclic) bond motifs is 1. The van der Waals surface area contributed by atoms with Gasteiger partial charge in [0.1, 0.15) is 0 Å². The van der Waals surface area contributed by atoms with Crippen LogP contribution in [0.15, 0.2) is 97.1 Å². The fraction of sp³-hybridized carbons (Fsp3) is 0.226. The molecule has 1 aliphatic heterocycles. The van der Waals surface area contributed by atoms with Crippen LogP contribution in [-0.4, -0.2) is 51.1 Å². The predicted molar refractivity (Wildman–Crippen MR) is 156 cm³/mol. The number of likely N-dealkylation sites (tertiary alicyclic amines) is 1. The number of amides is 1. The highest BCUT2D eigenvalue weighted by Crippen LogP contribution is 2.34. The van der Waals surface area contributed by atoms with Crippen LogP contribution in [0.25, 0.3) is 22.2 Å². The first-order valence-electron chi connectivity index (χ1n) is 13.1. The Morgan fingerprint density at radius 2 is 1.69 bits per heavy atom. The number of aromatic amines is 1. The normalized spacial score (nSPS) is 17.6. The molecule has 198 valence electrons. The molecule has 0 unspecified atom stereocenters. The van der Waals surface area contributed by atoms with Crippen LogP contribution in [0, 0.1) is 5.92 Å². The van der Waals surface area contributed by atoms with E-state index in [1.54, 1.807) is 0 Å². The molecule has 0 spiro atoms. The van der Waals surface area contributed by atoms with Crippen molar-refractivity contribution in [3.63, 3.8) is 0 Å². The first kappa shape index (κ1) is 26.5. The van der Waals surface area contributed by atoms with Gasteiger partial charge in [0.15, 0.2) is 0 Å². The van der Waals surface area contributed by atoms with Crippen LogP contribution in [-0.2, 0) is 0 Å². The van der Waals surface area contributed by atoms with E-state index in [4.69, 9.17) is 0 Å². The second-order valence-electron chi connectivity index (χ2n) is 10.00. The average Bonchev–Trinajstić information content (AvgIpc) is 3.67. The van der Waals surface area contributed by atoms with Gasteiger partial charge in [-0.15, -0.1) is 22.6 Å². The number of hydrogen-bond donors (Lipinski definition) is 2. The average molecular weight is 539 g/mol. The molecule has 1 fully saturated rings. The van der Waals surface area contributed by atoms with Gasteiger partial charge in [0.05, 0.1) is 0 Å². The Balaban J connectivity index is 0.00000308. The number of benzene rings is 4. The fourth-order valence-corrected chi connectivity index (χ4v) is 5.62. The summed E-state index contributed by atoms with van der Waals surface area (Å²) in [6.45, 7) is 4.46. The Kier molecular flexibility index (Phi) is 8.00. The lowest BCUT2D eigenvalue weighted by Gasteiger charge is -2.23. The number of carbonyl (C=O) groups excluding carboxylic acids is 1. The molecule has 1 aromatic heterocycles. The number of hydrogen-bond acceptors (Lipinski definition) is 5. The van der Waals surface area contributed by atoms with Gasteiger partial charge in [0.2, 0.25) is 5.82 Å². The third-order valence-electron chi connectivity index (χ3n) is 7.67. The molecule has 7 nitrogen and oxygen atoms in total. The molecule has 2 N–H and O–H groups in total. The Bertz CT molecular complexity index is 1520. The zero-order valence-electron chi connectivity index (χ0n) is 21.7. The lowest BCUT2D eigenvalue weighted by atomic mass is 9.88. The lowest BCUT2D eigenvalue weighted by molar-refractivity contribution is 0.0786. The van der Waals surface area contributed by atoms with E-state index >= 15 is 0 Å². The standard InChI is InChI=1S/C31H30N6O.ClH/c1-21(27-13-7-11-22-10-5-6-12-28(22)27)32-18-26-19-37(20-29(26)23-8-3-2-4-9-23)31(38)25-16-14-24(15-17-25)30-33-35-36-34-30;/h2-17,21,26,29,32H,18-20H2,1H3,(H,33,34,35,36);1H/t21-,26+,29-;/m1./s1. The third-order valence-corrected chi connectivity index (χ3v) is 7.67. The summed E-state index contributed by atoms with van der Waals surface area (Å²) < 4.78 is 0. The molecule has 0 aliphatic carbocycles. The Labute approximate surface area is 234 Å². The van der Waals surface area contributed by atoms with Crippen molar-refractivity contribution >= 4 is 29.1 Å². The van der Waals surface area contributed by atoms with E-state index in [0.29, 0.717) is 30.4 Å². The Hall–Kier alpha value is -4.07. The van der Waals surface area contributed by atoms with Crippen LogP contribution in [0.2, 0.25) is 0 Å². The summed E-state index contributed by atoms with van der Waals surface area (Å²) in [7, 11) is 0. The molecule has 2 heterocycles. The van der Waals surface area contributed by atoms with E-state index in [0.717, 1.165) is 12.1 Å². The molecule has 0 bridgehead atoms. The number of carbonyl (C=O) groups is 1. The van der Waals surface area contributed by atoms with Crippen LogP contribution in [0.4, 0.5) is 0 Å². The first-order chi connectivity index (χ1) is 18.7. The number of halogens is 1. The summed E-state index contributed by atoms with van der Waals surface area (Å²) in [4.78, 5) is 15.5. The highest BCUT2D eigenvalue weighted by molar-refractivity contribution is 5.95. The summed E-state index contributed by atoms with van der Waals surface area (Å²) in [5.41, 5.74) is 4.07. The molecule has 4 aromatic carbocycles. The minimum Gasteiger partial charge on any atom is -0.338 e. The SMILES string of the molecule is C[C@@H](NC[C@H]1CN(C(=O)c2ccc(-c3nn[nH]n3)cc2)C[C@@H]1c1ccccc1)c1cccc2ccccc12.Cl. The number of H-pyrrole nitrogens is 1. The monoisotopic (exact) mass is 538 g/mol. The van der Waals surface area contributed by atoms with Crippen molar-refractivity contribution in [2.75, 3.05) is 19.6 Å². The van der Waals surface area contributed by atoms with Crippen LogP contribution in [0.1, 0.15) is 40.4 Å². The van der Waals surface area contributed by atoms with E-state index in [2.05, 4.69) is 99.6 Å². The molecule has 39 heavy (non-hydrogen) atoms. The van der Waals surface area contributed by atoms with Crippen molar-refractivity contribution in [2.45, 2.75) is 18.9 Å². The minimum atomic E-state index is 0. The number of nitrogens with zero attached hydrogens (tertiary/aromatic N) is 4. The summed E-state index contributed by atoms with van der Waals surface area (Å²) in [6.07, 6.45) is 0. The van der Waals surface area contributed by atoms with Crippen LogP contribution < -0.4 is 5.32 Å². The van der Waals surface area contributed by atoms with Crippen LogP contribution in [0.3, 0.4) is 0 Å². The van der Waals surface area contributed by atoms with Gasteiger partial charge in [-0.25, -0.2) is 0 Å². The second-order valence-corrected chi connectivity index (χ2v) is 10.00. The molecule has 8 heteroatoms. The summed E-state index contributed by atoms with van der Waals surface area (Å²) >= 11 is 0. The zero-order chi connectivity index (χ0) is 25.9. The number of aromatic nitrogens is 4. The fourth-order valence-electron chi connectivity index (χ4n) is 5.62. The van der Waals surface area contributed by atoms with Gasteiger partial charge in [0.25, 0.3) is 5.91 Å². The molecule has 6 rings (SSSR count). The van der Waals surface area contributed by atoms with Crippen molar-refractivity contribution in [3.8, 4) is 11.4 Å². The number of tetrazole rings is 1. The van der Waals surface area contributed by atoms with Crippen LogP contribution in [0.5, 0.6) is 0 Å².